The van der Waals surface area contributed by atoms with Crippen LogP contribution in [0.15, 0.2) is 12.7 Å². The molecule has 0 spiro atoms. The normalized spacial score (nSPS) is 9.84. The molecule has 0 heterocycles. The predicted molar refractivity (Wildman–Crippen MR) is 85.5 cm³/mol. The highest BCUT2D eigenvalue weighted by Crippen LogP contribution is 1.62. The largest absolute Gasteiger partial charge is 0.329 e. The Morgan fingerprint density at radius 3 is 1.11 bits per heavy atom. The van der Waals surface area contributed by atoms with Crippen molar-refractivity contribution in [1.82, 2.24) is 21.3 Å². The average molecular weight is 274 g/mol. The monoisotopic (exact) mass is 274 g/mol. The van der Waals surface area contributed by atoms with Crippen molar-refractivity contribution in [3.63, 3.8) is 0 Å². The summed E-state index contributed by atoms with van der Waals surface area (Å²) in [5.74, 6) is 0. The first-order chi connectivity index (χ1) is 9.33. The molecule has 116 valence electrons. The highest BCUT2D eigenvalue weighted by molar-refractivity contribution is 4.56. The van der Waals surface area contributed by atoms with Crippen molar-refractivity contribution < 1.29 is 0 Å². The topological polar surface area (TPSA) is 100 Å². The molecule has 0 aliphatic rings. The van der Waals surface area contributed by atoms with Gasteiger partial charge in [-0.3, -0.25) is 0 Å². The Labute approximate surface area is 118 Å². The third-order valence-electron chi connectivity index (χ3n) is 2.08. The Morgan fingerprint density at radius 1 is 0.684 bits per heavy atom. The second-order valence-electron chi connectivity index (χ2n) is 3.99. The van der Waals surface area contributed by atoms with Crippen LogP contribution < -0.4 is 32.7 Å². The van der Waals surface area contributed by atoms with Crippen LogP contribution in [0.4, 0.5) is 0 Å². The first kappa shape index (κ1) is 20.8. The molecule has 6 heteroatoms. The third-order valence-corrected chi connectivity index (χ3v) is 2.08. The zero-order chi connectivity index (χ0) is 14.6. The first-order valence-electron chi connectivity index (χ1n) is 7.13. The SMILES string of the molecule is C=CC.NCCNCCNCCNCCNCCN. The van der Waals surface area contributed by atoms with Crippen molar-refractivity contribution in [1.29, 1.82) is 0 Å². The lowest BCUT2D eigenvalue weighted by atomic mass is 10.5. The van der Waals surface area contributed by atoms with Gasteiger partial charge in [-0.2, -0.15) is 0 Å². The summed E-state index contributed by atoms with van der Waals surface area (Å²) < 4.78 is 0. The van der Waals surface area contributed by atoms with E-state index in [0.717, 1.165) is 52.4 Å². The molecule has 0 bridgehead atoms. The lowest BCUT2D eigenvalue weighted by Crippen LogP contribution is -2.36. The Bertz CT molecular complexity index is 140. The van der Waals surface area contributed by atoms with Crippen LogP contribution in [0.5, 0.6) is 0 Å². The lowest BCUT2D eigenvalue weighted by Gasteiger charge is -2.07. The minimum absolute atomic E-state index is 0.706. The quantitative estimate of drug-likeness (QED) is 0.180. The van der Waals surface area contributed by atoms with Crippen LogP contribution in [0.1, 0.15) is 6.92 Å². The molecular weight excluding hydrogens is 240 g/mol. The lowest BCUT2D eigenvalue weighted by molar-refractivity contribution is 0.569. The molecule has 0 saturated heterocycles. The molecule has 0 unspecified atom stereocenters. The fraction of sp³-hybridized carbons (Fsp3) is 0.846. The summed E-state index contributed by atoms with van der Waals surface area (Å²) in [6.45, 7) is 14.4. The Hall–Kier alpha value is -0.500. The van der Waals surface area contributed by atoms with Gasteiger partial charge >= 0.3 is 0 Å². The van der Waals surface area contributed by atoms with Gasteiger partial charge in [0.15, 0.2) is 0 Å². The fourth-order valence-corrected chi connectivity index (χ4v) is 1.23. The van der Waals surface area contributed by atoms with Crippen LogP contribution in [0.25, 0.3) is 0 Å². The van der Waals surface area contributed by atoms with Crippen molar-refractivity contribution in [3.8, 4) is 0 Å². The van der Waals surface area contributed by atoms with Gasteiger partial charge in [-0.25, -0.2) is 0 Å². The molecule has 0 atom stereocenters. The molecule has 0 aliphatic carbocycles. The van der Waals surface area contributed by atoms with Crippen molar-refractivity contribution in [2.75, 3.05) is 65.4 Å². The highest BCUT2D eigenvalue weighted by atomic mass is 15.0. The van der Waals surface area contributed by atoms with Crippen LogP contribution in [-0.4, -0.2) is 65.4 Å². The van der Waals surface area contributed by atoms with E-state index in [1.807, 2.05) is 6.92 Å². The molecule has 6 nitrogen and oxygen atoms in total. The molecule has 0 aromatic heterocycles. The molecule has 0 aromatic rings. The average Bonchev–Trinajstić information content (AvgIpc) is 2.41. The molecule has 0 amide bonds. The highest BCUT2D eigenvalue weighted by Gasteiger charge is 1.88. The van der Waals surface area contributed by atoms with E-state index in [1.54, 1.807) is 6.08 Å². The van der Waals surface area contributed by atoms with Crippen LogP contribution in [-0.2, 0) is 0 Å². The summed E-state index contributed by atoms with van der Waals surface area (Å²) in [5, 5.41) is 13.1. The molecule has 19 heavy (non-hydrogen) atoms. The van der Waals surface area contributed by atoms with Gasteiger partial charge in [0.1, 0.15) is 0 Å². The number of allylic oxidation sites excluding steroid dienone is 1. The number of nitrogens with one attached hydrogen (secondary N) is 4. The summed E-state index contributed by atoms with van der Waals surface area (Å²) >= 11 is 0. The zero-order valence-electron chi connectivity index (χ0n) is 12.5. The van der Waals surface area contributed by atoms with Crippen molar-refractivity contribution in [2.45, 2.75) is 6.92 Å². The van der Waals surface area contributed by atoms with Gasteiger partial charge < -0.3 is 32.7 Å². The van der Waals surface area contributed by atoms with Crippen molar-refractivity contribution in [3.05, 3.63) is 12.7 Å². The maximum Gasteiger partial charge on any atom is 0.00772 e. The van der Waals surface area contributed by atoms with Gasteiger partial charge in [0.25, 0.3) is 0 Å². The van der Waals surface area contributed by atoms with E-state index in [1.165, 1.54) is 0 Å². The van der Waals surface area contributed by atoms with Crippen LogP contribution in [0.3, 0.4) is 0 Å². The molecular formula is C13H34N6. The van der Waals surface area contributed by atoms with Gasteiger partial charge in [0.05, 0.1) is 0 Å². The molecule has 0 aliphatic heterocycles. The maximum atomic E-state index is 5.35. The molecule has 0 saturated carbocycles. The standard InChI is InChI=1S/C10H28N6.C3H6/c11-1-3-13-5-7-15-9-10-16-8-6-14-4-2-12;1-3-2/h13-16H,1-12H2;3H,1H2,2H3. The minimum Gasteiger partial charge on any atom is -0.329 e. The number of hydrogen-bond donors (Lipinski definition) is 6. The first-order valence-corrected chi connectivity index (χ1v) is 7.13. The molecule has 0 rings (SSSR count). The van der Waals surface area contributed by atoms with Gasteiger partial charge in [-0.15, -0.1) is 6.58 Å². The predicted octanol–water partition coefficient (Wildman–Crippen LogP) is -1.55. The summed E-state index contributed by atoms with van der Waals surface area (Å²) in [6, 6.07) is 0. The van der Waals surface area contributed by atoms with E-state index in [9.17, 15) is 0 Å². The maximum absolute atomic E-state index is 5.35. The second-order valence-corrected chi connectivity index (χ2v) is 3.99. The number of hydrogen-bond acceptors (Lipinski definition) is 6. The number of nitrogens with two attached hydrogens (primary N) is 2. The van der Waals surface area contributed by atoms with Gasteiger partial charge in [0, 0.05) is 65.4 Å². The Balaban J connectivity index is 0. The minimum atomic E-state index is 0.706. The second kappa shape index (κ2) is 22.7. The molecule has 0 aromatic carbocycles. The molecule has 0 fully saturated rings. The third kappa shape index (κ3) is 26.9. The van der Waals surface area contributed by atoms with E-state index < -0.39 is 0 Å². The number of rotatable bonds is 13. The zero-order valence-corrected chi connectivity index (χ0v) is 12.5. The van der Waals surface area contributed by atoms with Gasteiger partial charge in [-0.1, -0.05) is 6.08 Å². The Morgan fingerprint density at radius 2 is 0.895 bits per heavy atom. The van der Waals surface area contributed by atoms with E-state index in [2.05, 4.69) is 27.8 Å². The summed E-state index contributed by atoms with van der Waals surface area (Å²) in [6.07, 6.45) is 1.75. The summed E-state index contributed by atoms with van der Waals surface area (Å²) in [5.41, 5.74) is 10.7. The van der Waals surface area contributed by atoms with Gasteiger partial charge in [-0.05, 0) is 6.92 Å². The van der Waals surface area contributed by atoms with E-state index >= 15 is 0 Å². The molecule has 0 radical (unpaired) electrons. The van der Waals surface area contributed by atoms with Crippen LogP contribution in [0.2, 0.25) is 0 Å². The van der Waals surface area contributed by atoms with E-state index in [0.29, 0.717) is 13.1 Å². The van der Waals surface area contributed by atoms with Crippen molar-refractivity contribution in [2.24, 2.45) is 11.5 Å². The summed E-state index contributed by atoms with van der Waals surface area (Å²) in [4.78, 5) is 0. The van der Waals surface area contributed by atoms with Crippen LogP contribution >= 0.6 is 0 Å². The van der Waals surface area contributed by atoms with Crippen LogP contribution in [0, 0.1) is 0 Å². The van der Waals surface area contributed by atoms with Gasteiger partial charge in [0.2, 0.25) is 0 Å². The van der Waals surface area contributed by atoms with E-state index in [4.69, 9.17) is 11.5 Å². The fourth-order valence-electron chi connectivity index (χ4n) is 1.23. The van der Waals surface area contributed by atoms with Crippen molar-refractivity contribution >= 4 is 0 Å². The molecule has 8 N–H and O–H groups in total. The Kier molecular flexibility index (Phi) is 24.8. The summed E-state index contributed by atoms with van der Waals surface area (Å²) in [7, 11) is 0. The smallest absolute Gasteiger partial charge is 0.00772 e. The van der Waals surface area contributed by atoms with E-state index in [-0.39, 0.29) is 0 Å².